The predicted molar refractivity (Wildman–Crippen MR) is 103 cm³/mol. The molecular formula is C19H33BN2O3. The zero-order valence-corrected chi connectivity index (χ0v) is 16.3. The van der Waals surface area contributed by atoms with Crippen molar-refractivity contribution in [3.63, 3.8) is 0 Å². The SMILES string of the molecule is CN1CCCN(Cc2ccc(B(O)OC(C)(C)C(C)(C)O)cc2)CC1. The lowest BCUT2D eigenvalue weighted by atomic mass is 9.76. The average Bonchev–Trinajstić information content (AvgIpc) is 2.71. The fourth-order valence-electron chi connectivity index (χ4n) is 2.80. The van der Waals surface area contributed by atoms with Gasteiger partial charge >= 0.3 is 7.12 Å². The summed E-state index contributed by atoms with van der Waals surface area (Å²) in [7, 11) is 1.12. The maximum absolute atomic E-state index is 10.3. The van der Waals surface area contributed by atoms with Crippen LogP contribution in [0.25, 0.3) is 0 Å². The van der Waals surface area contributed by atoms with E-state index in [1.165, 1.54) is 12.0 Å². The van der Waals surface area contributed by atoms with Gasteiger partial charge in [-0.3, -0.25) is 4.90 Å². The molecule has 1 heterocycles. The van der Waals surface area contributed by atoms with Gasteiger partial charge in [0.25, 0.3) is 0 Å². The molecule has 1 aromatic carbocycles. The first-order chi connectivity index (χ1) is 11.6. The Bertz CT molecular complexity index is 543. The highest BCUT2D eigenvalue weighted by Gasteiger charge is 2.39. The van der Waals surface area contributed by atoms with Gasteiger partial charge in [0.15, 0.2) is 0 Å². The van der Waals surface area contributed by atoms with Crippen LogP contribution in [0.5, 0.6) is 0 Å². The smallest absolute Gasteiger partial charge is 0.423 e. The molecule has 1 aliphatic rings. The molecule has 0 radical (unpaired) electrons. The summed E-state index contributed by atoms with van der Waals surface area (Å²) in [4.78, 5) is 4.85. The first-order valence-electron chi connectivity index (χ1n) is 9.16. The summed E-state index contributed by atoms with van der Waals surface area (Å²) in [5.74, 6) is 0. The van der Waals surface area contributed by atoms with Gasteiger partial charge in [-0.15, -0.1) is 0 Å². The second-order valence-electron chi connectivity index (χ2n) is 8.21. The van der Waals surface area contributed by atoms with Crippen LogP contribution >= 0.6 is 0 Å². The predicted octanol–water partition coefficient (Wildman–Crippen LogP) is 1.08. The van der Waals surface area contributed by atoms with Gasteiger partial charge < -0.3 is 19.7 Å². The van der Waals surface area contributed by atoms with Crippen LogP contribution in [0.4, 0.5) is 0 Å². The summed E-state index contributed by atoms with van der Waals surface area (Å²) in [6.45, 7) is 12.3. The fourth-order valence-corrected chi connectivity index (χ4v) is 2.80. The van der Waals surface area contributed by atoms with Crippen LogP contribution in [0.15, 0.2) is 24.3 Å². The largest absolute Gasteiger partial charge is 0.491 e. The summed E-state index contributed by atoms with van der Waals surface area (Å²) in [5.41, 5.74) is 0.0377. The minimum atomic E-state index is -1.05. The number of benzene rings is 1. The Kier molecular flexibility index (Phi) is 6.68. The molecule has 0 bridgehead atoms. The van der Waals surface area contributed by atoms with Crippen LogP contribution in [0.1, 0.15) is 39.7 Å². The summed E-state index contributed by atoms with van der Waals surface area (Å²) >= 11 is 0. The van der Waals surface area contributed by atoms with E-state index in [2.05, 4.69) is 16.8 Å². The van der Waals surface area contributed by atoms with Gasteiger partial charge in [-0.1, -0.05) is 24.3 Å². The van der Waals surface area contributed by atoms with Gasteiger partial charge in [0.1, 0.15) is 0 Å². The maximum atomic E-state index is 10.3. The topological polar surface area (TPSA) is 56.2 Å². The monoisotopic (exact) mass is 348 g/mol. The van der Waals surface area contributed by atoms with Gasteiger partial charge in [0.05, 0.1) is 11.2 Å². The van der Waals surface area contributed by atoms with E-state index >= 15 is 0 Å². The van der Waals surface area contributed by atoms with E-state index in [-0.39, 0.29) is 0 Å². The molecular weight excluding hydrogens is 315 g/mol. The van der Waals surface area contributed by atoms with Crippen LogP contribution < -0.4 is 5.46 Å². The molecule has 0 unspecified atom stereocenters. The van der Waals surface area contributed by atoms with Gasteiger partial charge in [-0.05, 0) is 65.3 Å². The zero-order chi connectivity index (χ0) is 18.7. The van der Waals surface area contributed by atoms with E-state index < -0.39 is 18.3 Å². The highest BCUT2D eigenvalue weighted by atomic mass is 16.5. The third kappa shape index (κ3) is 5.79. The number of aliphatic hydroxyl groups is 1. The maximum Gasteiger partial charge on any atom is 0.491 e. The number of nitrogens with zero attached hydrogens (tertiary/aromatic N) is 2. The highest BCUT2D eigenvalue weighted by molar-refractivity contribution is 6.60. The molecule has 1 aliphatic heterocycles. The Morgan fingerprint density at radius 2 is 1.68 bits per heavy atom. The van der Waals surface area contributed by atoms with Crippen molar-refractivity contribution in [2.75, 3.05) is 33.2 Å². The molecule has 0 aromatic heterocycles. The Hall–Kier alpha value is -0.915. The normalized spacial score (nSPS) is 18.2. The van der Waals surface area contributed by atoms with E-state index in [0.29, 0.717) is 5.46 Å². The summed E-state index contributed by atoms with van der Waals surface area (Å²) in [6, 6.07) is 7.91. The van der Waals surface area contributed by atoms with Crippen LogP contribution in [0, 0.1) is 0 Å². The fraction of sp³-hybridized carbons (Fsp3) is 0.684. The van der Waals surface area contributed by atoms with Crippen molar-refractivity contribution in [2.45, 2.75) is 51.9 Å². The standard InChI is InChI=1S/C19H33BN2O3/c1-18(2,23)19(3,4)25-20(24)17-9-7-16(8-10-17)15-22-12-6-11-21(5)13-14-22/h7-10,23-24H,6,11-15H2,1-5H3. The summed E-state index contributed by atoms with van der Waals surface area (Å²) < 4.78 is 5.70. The zero-order valence-electron chi connectivity index (χ0n) is 16.3. The Balaban J connectivity index is 1.95. The Morgan fingerprint density at radius 1 is 1.04 bits per heavy atom. The number of likely N-dealkylation sites (N-methyl/N-ethyl adjacent to an activating group) is 1. The van der Waals surface area contributed by atoms with E-state index in [1.807, 2.05) is 24.3 Å². The molecule has 6 heteroatoms. The van der Waals surface area contributed by atoms with Crippen LogP contribution in [0.2, 0.25) is 0 Å². The summed E-state index contributed by atoms with van der Waals surface area (Å²) in [5, 5.41) is 20.5. The second kappa shape index (κ2) is 8.19. The molecule has 2 rings (SSSR count). The number of hydrogen-bond acceptors (Lipinski definition) is 5. The summed E-state index contributed by atoms with van der Waals surface area (Å²) in [6.07, 6.45) is 1.20. The van der Waals surface area contributed by atoms with Gasteiger partial charge in [-0.2, -0.15) is 0 Å². The van der Waals surface area contributed by atoms with Crippen LogP contribution in [-0.4, -0.2) is 71.5 Å². The minimum Gasteiger partial charge on any atom is -0.423 e. The molecule has 1 saturated heterocycles. The van der Waals surface area contributed by atoms with Crippen molar-refractivity contribution in [3.8, 4) is 0 Å². The lowest BCUT2D eigenvalue weighted by Crippen LogP contribution is -2.53. The minimum absolute atomic E-state index is 0.705. The van der Waals surface area contributed by atoms with E-state index in [0.717, 1.165) is 32.7 Å². The van der Waals surface area contributed by atoms with E-state index in [1.54, 1.807) is 27.7 Å². The van der Waals surface area contributed by atoms with E-state index in [9.17, 15) is 10.1 Å². The van der Waals surface area contributed by atoms with E-state index in [4.69, 9.17) is 4.65 Å². The third-order valence-corrected chi connectivity index (χ3v) is 5.36. The average molecular weight is 348 g/mol. The van der Waals surface area contributed by atoms with Crippen molar-refractivity contribution in [1.29, 1.82) is 0 Å². The molecule has 0 saturated carbocycles. The molecule has 25 heavy (non-hydrogen) atoms. The lowest BCUT2D eigenvalue weighted by Gasteiger charge is -2.38. The molecule has 0 amide bonds. The molecule has 2 N–H and O–H groups in total. The van der Waals surface area contributed by atoms with Crippen molar-refractivity contribution < 1.29 is 14.8 Å². The Labute approximate surface area is 152 Å². The van der Waals surface area contributed by atoms with Gasteiger partial charge in [0, 0.05) is 19.6 Å². The van der Waals surface area contributed by atoms with Crippen LogP contribution in [-0.2, 0) is 11.2 Å². The third-order valence-electron chi connectivity index (χ3n) is 5.36. The lowest BCUT2D eigenvalue weighted by molar-refractivity contribution is -0.0982. The van der Waals surface area contributed by atoms with Crippen molar-refractivity contribution in [1.82, 2.24) is 9.80 Å². The molecule has 0 spiro atoms. The molecule has 1 aromatic rings. The van der Waals surface area contributed by atoms with Gasteiger partial charge in [0.2, 0.25) is 0 Å². The number of hydrogen-bond donors (Lipinski definition) is 2. The first kappa shape index (κ1) is 20.4. The van der Waals surface area contributed by atoms with Crippen molar-refractivity contribution >= 4 is 12.6 Å². The quantitative estimate of drug-likeness (QED) is 0.754. The van der Waals surface area contributed by atoms with Gasteiger partial charge in [-0.25, -0.2) is 0 Å². The molecule has 0 aliphatic carbocycles. The highest BCUT2D eigenvalue weighted by Crippen LogP contribution is 2.25. The molecule has 140 valence electrons. The van der Waals surface area contributed by atoms with Crippen molar-refractivity contribution in [2.24, 2.45) is 0 Å². The number of rotatable bonds is 6. The Morgan fingerprint density at radius 3 is 2.28 bits per heavy atom. The molecule has 0 atom stereocenters. The molecule has 1 fully saturated rings. The van der Waals surface area contributed by atoms with Crippen molar-refractivity contribution in [3.05, 3.63) is 29.8 Å². The first-order valence-corrected chi connectivity index (χ1v) is 9.16. The second-order valence-corrected chi connectivity index (χ2v) is 8.21. The molecule has 5 nitrogen and oxygen atoms in total. The van der Waals surface area contributed by atoms with Crippen LogP contribution in [0.3, 0.4) is 0 Å².